The van der Waals surface area contributed by atoms with Gasteiger partial charge in [-0.1, -0.05) is 0 Å². The van der Waals surface area contributed by atoms with Gasteiger partial charge in [0.2, 0.25) is 0 Å². The van der Waals surface area contributed by atoms with Crippen LogP contribution in [0.1, 0.15) is 11.4 Å². The average Bonchev–Trinajstić information content (AvgIpc) is 2.67. The zero-order valence-corrected chi connectivity index (χ0v) is 18.0. The van der Waals surface area contributed by atoms with Gasteiger partial charge >= 0.3 is 17.9 Å². The standard InChI is InChI=1S/C19H28N4O7S/c24-17(25)11-21-3-5-22(12-18(26)27)9-14-1-2-16(30-7-8-31)15(20-14)10-23(6-4-21)13-19(28)29/h1-2,31H,3-13H2,(H,24,25)(H,26,27)(H,28,29). The number of rotatable bonds is 9. The molecular formula is C19H28N4O7S. The largest absolute Gasteiger partial charge is 0.491 e. The van der Waals surface area contributed by atoms with Gasteiger partial charge in [0.15, 0.2) is 0 Å². The van der Waals surface area contributed by atoms with Crippen LogP contribution in [-0.4, -0.2) is 111 Å². The van der Waals surface area contributed by atoms with Gasteiger partial charge < -0.3 is 20.1 Å². The van der Waals surface area contributed by atoms with Crippen molar-refractivity contribution in [3.8, 4) is 5.75 Å². The van der Waals surface area contributed by atoms with E-state index in [2.05, 4.69) is 17.6 Å². The van der Waals surface area contributed by atoms with E-state index >= 15 is 0 Å². The Labute approximate surface area is 185 Å². The Morgan fingerprint density at radius 3 is 1.94 bits per heavy atom. The fourth-order valence-electron chi connectivity index (χ4n) is 3.30. The number of hydrogen-bond acceptors (Lipinski definition) is 9. The lowest BCUT2D eigenvalue weighted by atomic mass is 10.2. The van der Waals surface area contributed by atoms with Gasteiger partial charge in [-0.25, -0.2) is 0 Å². The molecule has 0 saturated heterocycles. The molecule has 1 aromatic rings. The number of pyridine rings is 1. The molecule has 2 bridgehead atoms. The number of carboxylic acids is 3. The van der Waals surface area contributed by atoms with Gasteiger partial charge in [0.05, 0.1) is 37.6 Å². The molecule has 0 radical (unpaired) electrons. The summed E-state index contributed by atoms with van der Waals surface area (Å²) in [6.07, 6.45) is 0. The number of carbonyl (C=O) groups is 3. The zero-order chi connectivity index (χ0) is 22.8. The summed E-state index contributed by atoms with van der Waals surface area (Å²) in [5.74, 6) is -1.98. The summed E-state index contributed by atoms with van der Waals surface area (Å²) in [4.78, 5) is 43.5. The molecule has 172 valence electrons. The summed E-state index contributed by atoms with van der Waals surface area (Å²) in [7, 11) is 0. The van der Waals surface area contributed by atoms with Crippen molar-refractivity contribution in [1.29, 1.82) is 0 Å². The molecular weight excluding hydrogens is 428 g/mol. The molecule has 0 aliphatic carbocycles. The van der Waals surface area contributed by atoms with Gasteiger partial charge in [-0.3, -0.25) is 34.1 Å². The van der Waals surface area contributed by atoms with Crippen molar-refractivity contribution in [2.24, 2.45) is 0 Å². The van der Waals surface area contributed by atoms with Crippen molar-refractivity contribution < 1.29 is 34.4 Å². The minimum Gasteiger partial charge on any atom is -0.491 e. The summed E-state index contributed by atoms with van der Waals surface area (Å²) in [6, 6.07) is 3.50. The van der Waals surface area contributed by atoms with Gasteiger partial charge in [0.1, 0.15) is 5.75 Å². The number of carboxylic acid groups (broad SMARTS) is 3. The number of thiol groups is 1. The molecule has 0 fully saturated rings. The highest BCUT2D eigenvalue weighted by Gasteiger charge is 2.21. The summed E-state index contributed by atoms with van der Waals surface area (Å²) >= 11 is 4.14. The van der Waals surface area contributed by atoms with Crippen LogP contribution in [-0.2, 0) is 27.5 Å². The van der Waals surface area contributed by atoms with Crippen molar-refractivity contribution in [2.75, 3.05) is 58.2 Å². The first-order chi connectivity index (χ1) is 14.8. The minimum atomic E-state index is -1.00. The van der Waals surface area contributed by atoms with Crippen molar-refractivity contribution >= 4 is 30.5 Å². The first kappa shape index (κ1) is 24.9. The van der Waals surface area contributed by atoms with Crippen LogP contribution in [0.5, 0.6) is 5.75 Å². The van der Waals surface area contributed by atoms with E-state index < -0.39 is 17.9 Å². The molecule has 0 amide bonds. The molecule has 2 heterocycles. The third-order valence-corrected chi connectivity index (χ3v) is 4.82. The molecule has 0 atom stereocenters. The third-order valence-electron chi connectivity index (χ3n) is 4.64. The van der Waals surface area contributed by atoms with Crippen LogP contribution in [0.3, 0.4) is 0 Å². The molecule has 31 heavy (non-hydrogen) atoms. The summed E-state index contributed by atoms with van der Waals surface area (Å²) in [6.45, 7) is 1.42. The molecule has 0 aromatic carbocycles. The number of hydrogen-bond donors (Lipinski definition) is 4. The topological polar surface area (TPSA) is 144 Å². The molecule has 0 saturated carbocycles. The quantitative estimate of drug-likeness (QED) is 0.359. The maximum Gasteiger partial charge on any atom is 0.317 e. The highest BCUT2D eigenvalue weighted by atomic mass is 32.1. The Morgan fingerprint density at radius 1 is 0.871 bits per heavy atom. The Bertz CT molecular complexity index is 780. The molecule has 1 aliphatic rings. The van der Waals surface area contributed by atoms with Crippen LogP contribution in [0.15, 0.2) is 12.1 Å². The first-order valence-electron chi connectivity index (χ1n) is 9.81. The van der Waals surface area contributed by atoms with Crippen molar-refractivity contribution in [3.05, 3.63) is 23.5 Å². The van der Waals surface area contributed by atoms with Gasteiger partial charge in [0.25, 0.3) is 0 Å². The van der Waals surface area contributed by atoms with Crippen molar-refractivity contribution in [2.45, 2.75) is 13.1 Å². The van der Waals surface area contributed by atoms with E-state index in [4.69, 9.17) is 4.74 Å². The molecule has 1 aliphatic heterocycles. The molecule has 11 nitrogen and oxygen atoms in total. The van der Waals surface area contributed by atoms with E-state index in [1.165, 1.54) is 0 Å². The molecule has 2 rings (SSSR count). The average molecular weight is 457 g/mol. The van der Waals surface area contributed by atoms with E-state index in [-0.39, 0.29) is 32.7 Å². The maximum atomic E-state index is 11.4. The maximum absolute atomic E-state index is 11.4. The van der Waals surface area contributed by atoms with E-state index in [1.54, 1.807) is 26.8 Å². The molecule has 1 aromatic heterocycles. The number of aromatic nitrogens is 1. The fourth-order valence-corrected chi connectivity index (χ4v) is 3.39. The van der Waals surface area contributed by atoms with E-state index in [0.29, 0.717) is 55.7 Å². The Kier molecular flexibility index (Phi) is 9.98. The van der Waals surface area contributed by atoms with Crippen LogP contribution in [0.25, 0.3) is 0 Å². The van der Waals surface area contributed by atoms with Gasteiger partial charge in [-0.05, 0) is 12.1 Å². The van der Waals surface area contributed by atoms with Crippen molar-refractivity contribution in [3.63, 3.8) is 0 Å². The lowest BCUT2D eigenvalue weighted by Crippen LogP contribution is -2.44. The summed E-state index contributed by atoms with van der Waals surface area (Å²) in [5.41, 5.74) is 1.16. The predicted octanol–water partition coefficient (Wildman–Crippen LogP) is -0.436. The fraction of sp³-hybridized carbons (Fsp3) is 0.579. The molecule has 12 heteroatoms. The molecule has 0 unspecified atom stereocenters. The van der Waals surface area contributed by atoms with Crippen LogP contribution in [0, 0.1) is 0 Å². The monoisotopic (exact) mass is 456 g/mol. The van der Waals surface area contributed by atoms with Crippen LogP contribution in [0.4, 0.5) is 0 Å². The second kappa shape index (κ2) is 12.4. The lowest BCUT2D eigenvalue weighted by molar-refractivity contribution is -0.140. The Balaban J connectivity index is 2.36. The normalized spacial score (nSPS) is 16.8. The van der Waals surface area contributed by atoms with Gasteiger partial charge in [0, 0.05) is 45.0 Å². The number of ether oxygens (including phenoxy) is 1. The summed E-state index contributed by atoms with van der Waals surface area (Å²) < 4.78 is 5.70. The highest BCUT2D eigenvalue weighted by Crippen LogP contribution is 2.20. The Hall–Kier alpha value is -2.41. The third kappa shape index (κ3) is 9.09. The lowest BCUT2D eigenvalue weighted by Gasteiger charge is -2.29. The van der Waals surface area contributed by atoms with Gasteiger partial charge in [-0.2, -0.15) is 12.6 Å². The Morgan fingerprint density at radius 2 is 1.39 bits per heavy atom. The van der Waals surface area contributed by atoms with Gasteiger partial charge in [-0.15, -0.1) is 0 Å². The molecule has 3 N–H and O–H groups in total. The van der Waals surface area contributed by atoms with E-state index in [1.807, 2.05) is 0 Å². The predicted molar refractivity (Wildman–Crippen MR) is 113 cm³/mol. The van der Waals surface area contributed by atoms with Crippen LogP contribution >= 0.6 is 12.6 Å². The van der Waals surface area contributed by atoms with Crippen LogP contribution < -0.4 is 4.74 Å². The summed E-state index contributed by atoms with van der Waals surface area (Å²) in [5, 5.41) is 27.7. The van der Waals surface area contributed by atoms with Crippen LogP contribution in [0.2, 0.25) is 0 Å². The first-order valence-corrected chi connectivity index (χ1v) is 10.4. The number of nitrogens with zero attached hydrogens (tertiary/aromatic N) is 4. The van der Waals surface area contributed by atoms with E-state index in [0.717, 1.165) is 0 Å². The van der Waals surface area contributed by atoms with E-state index in [9.17, 15) is 29.7 Å². The molecule has 0 spiro atoms. The number of fused-ring (bicyclic) bond motifs is 2. The zero-order valence-electron chi connectivity index (χ0n) is 17.1. The van der Waals surface area contributed by atoms with Crippen molar-refractivity contribution in [1.82, 2.24) is 19.7 Å². The SMILES string of the molecule is O=C(O)CN1CCN(CC(=O)O)Cc2ccc(OCCS)c(n2)CN(CC(=O)O)CC1. The number of aliphatic carboxylic acids is 3. The minimum absolute atomic E-state index is 0.196. The second-order valence-electron chi connectivity index (χ2n) is 7.20. The second-order valence-corrected chi connectivity index (χ2v) is 7.65. The highest BCUT2D eigenvalue weighted by molar-refractivity contribution is 7.80. The smallest absolute Gasteiger partial charge is 0.317 e.